The number of para-hydroxylation sites is 1. The van der Waals surface area contributed by atoms with Crippen molar-refractivity contribution in [1.29, 1.82) is 0 Å². The van der Waals surface area contributed by atoms with E-state index >= 15 is 0 Å². The minimum atomic E-state index is -0.809. The number of aryl methyl sites for hydroxylation is 1. The zero-order valence-electron chi connectivity index (χ0n) is 18.6. The minimum absolute atomic E-state index is 0.0682. The van der Waals surface area contributed by atoms with E-state index in [2.05, 4.69) is 36.1 Å². The average molecular weight is 497 g/mol. The third kappa shape index (κ3) is 3.20. The summed E-state index contributed by atoms with van der Waals surface area (Å²) in [6.45, 7) is 2.83. The van der Waals surface area contributed by atoms with Crippen molar-refractivity contribution in [1.82, 2.24) is 0 Å². The van der Waals surface area contributed by atoms with Crippen LogP contribution in [-0.2, 0) is 4.79 Å². The van der Waals surface area contributed by atoms with Gasteiger partial charge in [0.05, 0.1) is 15.2 Å². The summed E-state index contributed by atoms with van der Waals surface area (Å²) in [6.07, 6.45) is 6.08. The highest BCUT2D eigenvalue weighted by Gasteiger charge is 2.56. The third-order valence-corrected chi connectivity index (χ3v) is 10.2. The maximum atomic E-state index is 12.7. The van der Waals surface area contributed by atoms with Crippen LogP contribution in [0.1, 0.15) is 41.4 Å². The van der Waals surface area contributed by atoms with E-state index in [1.54, 1.807) is 18.2 Å². The molecule has 0 radical (unpaired) electrons. The molecule has 0 unspecified atom stereocenters. The Morgan fingerprint density at radius 2 is 2.03 bits per heavy atom. The van der Waals surface area contributed by atoms with Gasteiger partial charge in [0, 0.05) is 35.4 Å². The van der Waals surface area contributed by atoms with Gasteiger partial charge in [-0.2, -0.15) is 0 Å². The molecule has 6 nitrogen and oxygen atoms in total. The number of carboxylic acids is 1. The zero-order valence-corrected chi connectivity index (χ0v) is 20.2. The van der Waals surface area contributed by atoms with Crippen LogP contribution < -0.4 is 4.90 Å². The number of aliphatic carboxylic acids is 1. The lowest BCUT2D eigenvalue weighted by atomic mass is 9.71. The highest BCUT2D eigenvalue weighted by molar-refractivity contribution is 8.00. The lowest BCUT2D eigenvalue weighted by Gasteiger charge is -2.50. The van der Waals surface area contributed by atoms with Crippen molar-refractivity contribution in [3.05, 3.63) is 75.4 Å². The second-order valence-corrected chi connectivity index (χ2v) is 11.7. The van der Waals surface area contributed by atoms with Crippen molar-refractivity contribution in [2.45, 2.75) is 53.2 Å². The Balaban J connectivity index is 1.45. The first-order valence-corrected chi connectivity index (χ1v) is 13.0. The summed E-state index contributed by atoms with van der Waals surface area (Å²) in [7, 11) is 0. The van der Waals surface area contributed by atoms with Gasteiger partial charge in [-0.15, -0.1) is 23.4 Å². The molecule has 34 heavy (non-hydrogen) atoms. The quantitative estimate of drug-likeness (QED) is 0.252. The molecule has 2 aliphatic heterocycles. The highest BCUT2D eigenvalue weighted by atomic mass is 35.5. The van der Waals surface area contributed by atoms with Crippen molar-refractivity contribution in [3.8, 4) is 0 Å². The summed E-state index contributed by atoms with van der Waals surface area (Å²) in [5.74, 6) is -0.339. The minimum Gasteiger partial charge on any atom is -0.480 e. The van der Waals surface area contributed by atoms with Crippen molar-refractivity contribution < 1.29 is 14.8 Å². The lowest BCUT2D eigenvalue weighted by Crippen LogP contribution is -2.55. The summed E-state index contributed by atoms with van der Waals surface area (Å²) in [5.41, 5.74) is 4.68. The number of hydrogen-bond acceptors (Lipinski definition) is 5. The van der Waals surface area contributed by atoms with Crippen LogP contribution in [0, 0.1) is 28.9 Å². The van der Waals surface area contributed by atoms with Gasteiger partial charge in [-0.1, -0.05) is 42.0 Å². The fourth-order valence-corrected chi connectivity index (χ4v) is 8.74. The highest BCUT2D eigenvalue weighted by Crippen LogP contribution is 2.60. The number of benzene rings is 2. The van der Waals surface area contributed by atoms with E-state index in [1.165, 1.54) is 29.0 Å². The molecule has 0 spiro atoms. The number of carboxylic acid groups (broad SMARTS) is 1. The summed E-state index contributed by atoms with van der Waals surface area (Å²) in [6, 6.07) is 10.5. The average Bonchev–Trinajstić information content (AvgIpc) is 3.38. The molecule has 4 aliphatic rings. The zero-order chi connectivity index (χ0) is 23.7. The van der Waals surface area contributed by atoms with Gasteiger partial charge in [0.15, 0.2) is 0 Å². The number of alkyl halides is 1. The van der Waals surface area contributed by atoms with E-state index in [0.29, 0.717) is 23.2 Å². The molecular weight excluding hydrogens is 472 g/mol. The van der Waals surface area contributed by atoms with Gasteiger partial charge in [-0.3, -0.25) is 10.1 Å². The molecule has 0 aromatic heterocycles. The van der Waals surface area contributed by atoms with Crippen molar-refractivity contribution in [2.24, 2.45) is 11.8 Å². The number of thioether (sulfide) groups is 1. The summed E-state index contributed by atoms with van der Waals surface area (Å²) in [4.78, 5) is 26.6. The fourth-order valence-electron chi connectivity index (χ4n) is 6.79. The monoisotopic (exact) mass is 496 g/mol. The number of fused-ring (bicyclic) bond motifs is 4. The smallest absolute Gasteiger partial charge is 0.326 e. The number of rotatable bonds is 4. The van der Waals surface area contributed by atoms with Gasteiger partial charge in [0.25, 0.3) is 5.69 Å². The Labute approximate surface area is 207 Å². The number of nitro groups is 1. The van der Waals surface area contributed by atoms with Crippen LogP contribution in [-0.4, -0.2) is 39.2 Å². The molecule has 1 fully saturated rings. The molecule has 0 amide bonds. The predicted octanol–water partition coefficient (Wildman–Crippen LogP) is 5.72. The largest absolute Gasteiger partial charge is 0.480 e. The van der Waals surface area contributed by atoms with Gasteiger partial charge in [-0.05, 0) is 48.8 Å². The maximum absolute atomic E-state index is 12.7. The molecule has 2 heterocycles. The molecule has 176 valence electrons. The molecule has 1 N–H and O–H groups in total. The molecule has 2 aromatic rings. The summed E-state index contributed by atoms with van der Waals surface area (Å²) < 4.78 is 0. The second kappa shape index (κ2) is 8.02. The first-order chi connectivity index (χ1) is 16.3. The fraction of sp³-hybridized carbons (Fsp3) is 0.423. The van der Waals surface area contributed by atoms with E-state index in [4.69, 9.17) is 11.6 Å². The Morgan fingerprint density at radius 3 is 2.79 bits per heavy atom. The third-order valence-electron chi connectivity index (χ3n) is 8.04. The normalized spacial score (nSPS) is 32.8. The molecule has 2 aliphatic carbocycles. The van der Waals surface area contributed by atoms with Gasteiger partial charge < -0.3 is 10.0 Å². The predicted molar refractivity (Wildman–Crippen MR) is 133 cm³/mol. The van der Waals surface area contributed by atoms with Crippen LogP contribution in [0.3, 0.4) is 0 Å². The molecule has 8 heteroatoms. The van der Waals surface area contributed by atoms with E-state index in [0.717, 1.165) is 24.2 Å². The SMILES string of the molecule is Cc1cc2c3c(c1)[C@H]1C=CC[C@H]1CN3[C@@H](C(=O)O)[C@H]1C[C@@H](Sc3ccccc3[N+](=O)[O-])[C@@H](Cl)[C@@H]21. The molecule has 0 saturated heterocycles. The Hall–Kier alpha value is -2.51. The van der Waals surface area contributed by atoms with Crippen LogP contribution in [0.25, 0.3) is 0 Å². The van der Waals surface area contributed by atoms with Crippen molar-refractivity contribution in [3.63, 3.8) is 0 Å². The summed E-state index contributed by atoms with van der Waals surface area (Å²) >= 11 is 8.56. The molecule has 2 aromatic carbocycles. The number of carbonyl (C=O) groups is 1. The molecule has 7 atom stereocenters. The molecule has 6 rings (SSSR count). The van der Waals surface area contributed by atoms with Crippen LogP contribution in [0.2, 0.25) is 0 Å². The number of anilines is 1. The van der Waals surface area contributed by atoms with Crippen molar-refractivity contribution in [2.75, 3.05) is 11.4 Å². The second-order valence-electron chi connectivity index (χ2n) is 9.93. The number of allylic oxidation sites excluding steroid dienone is 2. The maximum Gasteiger partial charge on any atom is 0.326 e. The van der Waals surface area contributed by atoms with Crippen LogP contribution in [0.5, 0.6) is 0 Å². The van der Waals surface area contributed by atoms with Crippen LogP contribution >= 0.6 is 23.4 Å². The van der Waals surface area contributed by atoms with Gasteiger partial charge >= 0.3 is 5.97 Å². The number of nitrogens with zero attached hydrogens (tertiary/aromatic N) is 2. The summed E-state index contributed by atoms with van der Waals surface area (Å²) in [5, 5.41) is 21.5. The van der Waals surface area contributed by atoms with Gasteiger partial charge in [-0.25, -0.2) is 4.79 Å². The van der Waals surface area contributed by atoms with Gasteiger partial charge in [0.2, 0.25) is 0 Å². The number of halogens is 1. The topological polar surface area (TPSA) is 83.7 Å². The Bertz CT molecular complexity index is 1230. The van der Waals surface area contributed by atoms with Gasteiger partial charge in [0.1, 0.15) is 6.04 Å². The first-order valence-electron chi connectivity index (χ1n) is 11.7. The number of nitro benzene ring substituents is 1. The lowest BCUT2D eigenvalue weighted by molar-refractivity contribution is -0.387. The molecule has 0 bridgehead atoms. The van der Waals surface area contributed by atoms with E-state index in [9.17, 15) is 20.0 Å². The Kier molecular flexibility index (Phi) is 5.19. The Morgan fingerprint density at radius 1 is 1.26 bits per heavy atom. The number of hydrogen-bond donors (Lipinski definition) is 1. The standard InChI is InChI=1S/C26H25ClN2O4S/c1-13-9-16-15-6-4-5-14(15)12-28-24(16)17(10-13)22-18(25(28)26(30)31)11-21(23(22)27)34-20-8-3-2-7-19(20)29(32)33/h2-4,6-10,14-15,18,21-23,25H,5,11-12H2,1H3,(H,30,31)/t14-,15-,18-,21+,22-,23+,25+/m0/s1. The molecule has 1 saturated carbocycles. The first kappa shape index (κ1) is 22.0. The molecular formula is C26H25ClN2O4S. The van der Waals surface area contributed by atoms with Crippen molar-refractivity contribution >= 4 is 40.7 Å². The van der Waals surface area contributed by atoms with E-state index in [-0.39, 0.29) is 33.1 Å². The van der Waals surface area contributed by atoms with E-state index in [1.807, 2.05) is 0 Å². The van der Waals surface area contributed by atoms with Crippen LogP contribution in [0.4, 0.5) is 11.4 Å². The van der Waals surface area contributed by atoms with Crippen LogP contribution in [0.15, 0.2) is 53.4 Å². The van der Waals surface area contributed by atoms with E-state index < -0.39 is 12.0 Å².